The van der Waals surface area contributed by atoms with E-state index in [-0.39, 0.29) is 30.6 Å². The van der Waals surface area contributed by atoms with Crippen molar-refractivity contribution < 1.29 is 19.7 Å². The molecule has 0 radical (unpaired) electrons. The lowest BCUT2D eigenvalue weighted by Gasteiger charge is -2.19. The number of aliphatic hydroxyl groups excluding tert-OH is 2. The monoisotopic (exact) mass is 377 g/mol. The molecule has 0 spiro atoms. The Bertz CT molecular complexity index is 565. The van der Waals surface area contributed by atoms with Crippen molar-refractivity contribution in [1.82, 2.24) is 4.90 Å². The molecule has 3 aliphatic rings. The van der Waals surface area contributed by atoms with Crippen LogP contribution in [0.3, 0.4) is 0 Å². The van der Waals surface area contributed by atoms with Crippen molar-refractivity contribution in [2.45, 2.75) is 57.2 Å². The van der Waals surface area contributed by atoms with Gasteiger partial charge in [0.25, 0.3) is 0 Å². The lowest BCUT2D eigenvalue weighted by atomic mass is 9.89. The average Bonchev–Trinajstić information content (AvgIpc) is 3.33. The summed E-state index contributed by atoms with van der Waals surface area (Å²) in [5.41, 5.74) is 1.38. The lowest BCUT2D eigenvalue weighted by Crippen LogP contribution is -2.26. The highest BCUT2D eigenvalue weighted by Crippen LogP contribution is 2.50. The molecule has 0 unspecified atom stereocenters. The van der Waals surface area contributed by atoms with Crippen molar-refractivity contribution >= 4 is 5.91 Å². The number of nitrogens with zero attached hydrogens (tertiary/aromatic N) is 1. The Morgan fingerprint density at radius 1 is 1.30 bits per heavy atom. The molecular weight excluding hydrogens is 342 g/mol. The van der Waals surface area contributed by atoms with E-state index in [1.165, 1.54) is 23.3 Å². The van der Waals surface area contributed by atoms with Crippen LogP contribution in [-0.2, 0) is 9.53 Å². The maximum absolute atomic E-state index is 11.5. The molecule has 3 rings (SSSR count). The summed E-state index contributed by atoms with van der Waals surface area (Å²) in [5.74, 6) is 1.50. The number of ether oxygens (including phenoxy) is 1. The zero-order chi connectivity index (χ0) is 19.4. The first-order chi connectivity index (χ1) is 13.0. The quantitative estimate of drug-likeness (QED) is 0.528. The smallest absolute Gasteiger partial charge is 0.248 e. The molecule has 0 heterocycles. The van der Waals surface area contributed by atoms with Gasteiger partial charge >= 0.3 is 0 Å². The SMILES string of the molecule is CN(C)C(=O)COCC=C1C[C@H]2C[C@@H](O)[C@H](/C=C/[C@H](O)C3CCCC3)[C@H]2C1. The maximum atomic E-state index is 11.5. The molecule has 0 aromatic carbocycles. The second-order valence-corrected chi connectivity index (χ2v) is 8.80. The summed E-state index contributed by atoms with van der Waals surface area (Å²) in [6.07, 6.45) is 13.0. The minimum atomic E-state index is -0.363. The molecule has 3 fully saturated rings. The van der Waals surface area contributed by atoms with Crippen molar-refractivity contribution in [2.75, 3.05) is 27.3 Å². The van der Waals surface area contributed by atoms with Gasteiger partial charge in [0, 0.05) is 20.0 Å². The molecule has 0 saturated heterocycles. The Kier molecular flexibility index (Phi) is 7.12. The van der Waals surface area contributed by atoms with Gasteiger partial charge in [0.2, 0.25) is 5.91 Å². The van der Waals surface area contributed by atoms with Crippen LogP contribution in [0.4, 0.5) is 0 Å². The topological polar surface area (TPSA) is 70.0 Å². The third-order valence-corrected chi connectivity index (χ3v) is 6.74. The molecule has 0 aliphatic heterocycles. The number of fused-ring (bicyclic) bond motifs is 1. The number of aliphatic hydroxyl groups is 2. The van der Waals surface area contributed by atoms with Crippen LogP contribution in [0.2, 0.25) is 0 Å². The van der Waals surface area contributed by atoms with Crippen molar-refractivity contribution in [3.63, 3.8) is 0 Å². The highest BCUT2D eigenvalue weighted by molar-refractivity contribution is 5.76. The van der Waals surface area contributed by atoms with Crippen LogP contribution in [0.1, 0.15) is 44.9 Å². The molecule has 0 aromatic rings. The number of hydrogen-bond acceptors (Lipinski definition) is 4. The zero-order valence-electron chi connectivity index (χ0n) is 16.7. The number of likely N-dealkylation sites (N-methyl/N-ethyl adjacent to an activating group) is 1. The average molecular weight is 378 g/mol. The predicted molar refractivity (Wildman–Crippen MR) is 105 cm³/mol. The fourth-order valence-corrected chi connectivity index (χ4v) is 5.09. The Morgan fingerprint density at radius 3 is 2.74 bits per heavy atom. The van der Waals surface area contributed by atoms with E-state index in [4.69, 9.17) is 4.74 Å². The van der Waals surface area contributed by atoms with Gasteiger partial charge < -0.3 is 19.8 Å². The maximum Gasteiger partial charge on any atom is 0.248 e. The molecule has 1 amide bonds. The Hall–Kier alpha value is -1.17. The Balaban J connectivity index is 1.49. The second kappa shape index (κ2) is 9.35. The fraction of sp³-hybridized carbons (Fsp3) is 0.773. The van der Waals surface area contributed by atoms with E-state index in [9.17, 15) is 15.0 Å². The predicted octanol–water partition coefficient (Wildman–Crippen LogP) is 2.53. The molecular formula is C22H35NO4. The summed E-state index contributed by atoms with van der Waals surface area (Å²) in [4.78, 5) is 13.1. The molecule has 5 nitrogen and oxygen atoms in total. The molecule has 152 valence electrons. The Morgan fingerprint density at radius 2 is 2.04 bits per heavy atom. The van der Waals surface area contributed by atoms with Gasteiger partial charge in [-0.3, -0.25) is 4.79 Å². The van der Waals surface area contributed by atoms with Crippen molar-refractivity contribution in [3.05, 3.63) is 23.8 Å². The highest BCUT2D eigenvalue weighted by Gasteiger charge is 2.45. The third-order valence-electron chi connectivity index (χ3n) is 6.74. The third kappa shape index (κ3) is 5.21. The number of carbonyl (C=O) groups is 1. The van der Waals surface area contributed by atoms with E-state index in [1.54, 1.807) is 14.1 Å². The summed E-state index contributed by atoms with van der Waals surface area (Å²) >= 11 is 0. The summed E-state index contributed by atoms with van der Waals surface area (Å²) in [6, 6.07) is 0. The summed E-state index contributed by atoms with van der Waals surface area (Å²) in [7, 11) is 3.45. The number of amides is 1. The zero-order valence-corrected chi connectivity index (χ0v) is 16.7. The van der Waals surface area contributed by atoms with Gasteiger partial charge in [-0.25, -0.2) is 0 Å². The van der Waals surface area contributed by atoms with Crippen LogP contribution >= 0.6 is 0 Å². The largest absolute Gasteiger partial charge is 0.392 e. The summed E-state index contributed by atoms with van der Waals surface area (Å²) in [5, 5.41) is 20.9. The molecule has 5 heteroatoms. The summed E-state index contributed by atoms with van der Waals surface area (Å²) in [6.45, 7) is 0.588. The minimum absolute atomic E-state index is 0.0224. The van der Waals surface area contributed by atoms with Gasteiger partial charge in [-0.15, -0.1) is 0 Å². The van der Waals surface area contributed by atoms with Gasteiger partial charge in [-0.05, 0) is 49.9 Å². The van der Waals surface area contributed by atoms with Gasteiger partial charge in [0.05, 0.1) is 18.8 Å². The minimum Gasteiger partial charge on any atom is -0.392 e. The van der Waals surface area contributed by atoms with E-state index < -0.39 is 0 Å². The van der Waals surface area contributed by atoms with Gasteiger partial charge in [-0.2, -0.15) is 0 Å². The molecule has 0 bridgehead atoms. The van der Waals surface area contributed by atoms with E-state index in [1.807, 2.05) is 6.08 Å². The first-order valence-electron chi connectivity index (χ1n) is 10.5. The van der Waals surface area contributed by atoms with Gasteiger partial charge in [-0.1, -0.05) is 36.6 Å². The van der Waals surface area contributed by atoms with E-state index in [0.717, 1.165) is 32.1 Å². The first-order valence-corrected chi connectivity index (χ1v) is 10.5. The molecule has 2 N–H and O–H groups in total. The van der Waals surface area contributed by atoms with Gasteiger partial charge in [0.15, 0.2) is 0 Å². The van der Waals surface area contributed by atoms with Crippen LogP contribution in [-0.4, -0.2) is 60.5 Å². The molecule has 27 heavy (non-hydrogen) atoms. The number of allylic oxidation sites excluding steroid dienone is 1. The van der Waals surface area contributed by atoms with E-state index in [0.29, 0.717) is 24.4 Å². The number of carbonyl (C=O) groups excluding carboxylic acids is 1. The highest BCUT2D eigenvalue weighted by atomic mass is 16.5. The second-order valence-electron chi connectivity index (χ2n) is 8.80. The molecule has 3 aliphatic carbocycles. The van der Waals surface area contributed by atoms with Crippen LogP contribution in [0, 0.1) is 23.7 Å². The van der Waals surface area contributed by atoms with Crippen molar-refractivity contribution in [2.24, 2.45) is 23.7 Å². The van der Waals surface area contributed by atoms with Crippen LogP contribution < -0.4 is 0 Å². The fourth-order valence-electron chi connectivity index (χ4n) is 5.09. The molecule has 0 aromatic heterocycles. The molecule has 5 atom stereocenters. The Labute approximate surface area is 163 Å². The van der Waals surface area contributed by atoms with Crippen molar-refractivity contribution in [1.29, 1.82) is 0 Å². The van der Waals surface area contributed by atoms with Crippen LogP contribution in [0.5, 0.6) is 0 Å². The van der Waals surface area contributed by atoms with Crippen molar-refractivity contribution in [3.8, 4) is 0 Å². The summed E-state index contributed by atoms with van der Waals surface area (Å²) < 4.78 is 5.46. The number of hydrogen-bond donors (Lipinski definition) is 2. The lowest BCUT2D eigenvalue weighted by molar-refractivity contribution is -0.133. The van der Waals surface area contributed by atoms with Crippen LogP contribution in [0.15, 0.2) is 23.8 Å². The van der Waals surface area contributed by atoms with Crippen LogP contribution in [0.25, 0.3) is 0 Å². The van der Waals surface area contributed by atoms with Gasteiger partial charge in [0.1, 0.15) is 6.61 Å². The van der Waals surface area contributed by atoms with E-state index in [2.05, 4.69) is 12.2 Å². The normalized spacial score (nSPS) is 33.9. The standard InChI is InChI=1S/C22H35NO4/c1-23(2)22(26)14-27-10-9-15-11-17-13-21(25)18(19(17)12-15)7-8-20(24)16-5-3-4-6-16/h7-9,16-21,24-25H,3-6,10-14H2,1-2H3/b8-7+,15-9?/t17-,18+,19-,20-,21+/m0/s1. The molecule has 3 saturated carbocycles. The first kappa shape index (κ1) is 20.6. The van der Waals surface area contributed by atoms with E-state index >= 15 is 0 Å². The number of rotatable bonds is 7.